The Bertz CT molecular complexity index is 1620. The van der Waals surface area contributed by atoms with Gasteiger partial charge in [-0.15, -0.1) is 11.3 Å². The lowest BCUT2D eigenvalue weighted by atomic mass is 10.1. The van der Waals surface area contributed by atoms with Gasteiger partial charge >= 0.3 is 0 Å². The number of rotatable bonds is 4. The highest BCUT2D eigenvalue weighted by Crippen LogP contribution is 2.34. The van der Waals surface area contributed by atoms with Gasteiger partial charge in [0.15, 0.2) is 5.82 Å². The second kappa shape index (κ2) is 7.49. The Morgan fingerprint density at radius 1 is 0.939 bits per heavy atom. The Labute approximate surface area is 193 Å². The number of aryl methyl sites for hydroxylation is 1. The normalized spacial score (nSPS) is 11.5. The first-order valence-electron chi connectivity index (χ1n) is 10.4. The Hall–Kier alpha value is -4.11. The minimum atomic E-state index is 0.691. The Balaban J connectivity index is 1.48. The van der Waals surface area contributed by atoms with Crippen LogP contribution in [-0.2, 0) is 0 Å². The zero-order valence-electron chi connectivity index (χ0n) is 18.3. The second-order valence-electron chi connectivity index (χ2n) is 8.09. The van der Waals surface area contributed by atoms with Crippen LogP contribution >= 0.6 is 11.3 Å². The molecule has 8 nitrogen and oxygen atoms in total. The molecule has 9 heteroatoms. The van der Waals surface area contributed by atoms with Crippen LogP contribution in [0, 0.1) is 6.92 Å². The number of aromatic amines is 2. The summed E-state index contributed by atoms with van der Waals surface area (Å²) in [5.41, 5.74) is 7.16. The molecule has 0 bridgehead atoms. The lowest BCUT2D eigenvalue weighted by Crippen LogP contribution is -2.08. The summed E-state index contributed by atoms with van der Waals surface area (Å²) < 4.78 is 0. The summed E-state index contributed by atoms with van der Waals surface area (Å²) in [6, 6.07) is 8.33. The van der Waals surface area contributed by atoms with E-state index in [0.29, 0.717) is 5.82 Å². The number of hydrogen-bond acceptors (Lipinski definition) is 7. The number of H-pyrrole nitrogens is 2. The summed E-state index contributed by atoms with van der Waals surface area (Å²) in [6.07, 6.45) is 9.13. The molecule has 0 fully saturated rings. The molecule has 162 valence electrons. The maximum Gasteiger partial charge on any atom is 0.159 e. The number of anilines is 1. The number of hydrogen-bond donors (Lipinski definition) is 2. The summed E-state index contributed by atoms with van der Waals surface area (Å²) in [7, 11) is 3.99. The fourth-order valence-corrected chi connectivity index (χ4v) is 4.75. The lowest BCUT2D eigenvalue weighted by molar-refractivity contribution is 1.10. The third-order valence-electron chi connectivity index (χ3n) is 5.61. The largest absolute Gasteiger partial charge is 0.376 e. The predicted octanol–water partition coefficient (Wildman–Crippen LogP) is 5.06. The number of aromatic nitrogens is 7. The van der Waals surface area contributed by atoms with Crippen molar-refractivity contribution < 1.29 is 0 Å². The van der Waals surface area contributed by atoms with Crippen LogP contribution in [0.3, 0.4) is 0 Å². The molecule has 0 saturated carbocycles. The Morgan fingerprint density at radius 3 is 2.64 bits per heavy atom. The van der Waals surface area contributed by atoms with E-state index in [9.17, 15) is 0 Å². The molecule has 0 unspecified atom stereocenters. The first kappa shape index (κ1) is 19.6. The fraction of sp³-hybridized carbons (Fsp3) is 0.125. The van der Waals surface area contributed by atoms with Gasteiger partial charge in [-0.05, 0) is 31.2 Å². The highest BCUT2D eigenvalue weighted by atomic mass is 32.1. The van der Waals surface area contributed by atoms with Crippen molar-refractivity contribution in [3.8, 4) is 33.2 Å². The zero-order chi connectivity index (χ0) is 22.5. The van der Waals surface area contributed by atoms with Crippen molar-refractivity contribution in [1.29, 1.82) is 0 Å². The molecule has 0 radical (unpaired) electrons. The highest BCUT2D eigenvalue weighted by molar-refractivity contribution is 7.15. The van der Waals surface area contributed by atoms with Gasteiger partial charge in [-0.1, -0.05) is 0 Å². The van der Waals surface area contributed by atoms with Gasteiger partial charge in [0, 0.05) is 52.8 Å². The van der Waals surface area contributed by atoms with E-state index < -0.39 is 0 Å². The SMILES string of the molecule is Cc1ccc(-c2cncc3[nH]c(-c4n[nH]c5cnc(-c6cncc(N(C)C)c6)cc45)nc23)s1. The molecule has 6 aromatic rings. The first-order valence-corrected chi connectivity index (χ1v) is 11.3. The van der Waals surface area contributed by atoms with Crippen LogP contribution in [0.25, 0.3) is 55.2 Å². The standard InChI is InChI=1S/C24H20N8S/c1-13-4-5-21(33-13)17-10-26-11-20-22(17)29-24(28-20)23-16-7-18(27-12-19(16)30-31-23)14-6-15(32(2)3)9-25-8-14/h4-12H,1-3H3,(H,28,29)(H,30,31). The van der Waals surface area contributed by atoms with E-state index in [-0.39, 0.29) is 0 Å². The predicted molar refractivity (Wildman–Crippen MR) is 132 cm³/mol. The quantitative estimate of drug-likeness (QED) is 0.388. The first-order chi connectivity index (χ1) is 16.1. The monoisotopic (exact) mass is 452 g/mol. The van der Waals surface area contributed by atoms with Gasteiger partial charge in [0.25, 0.3) is 0 Å². The van der Waals surface area contributed by atoms with Gasteiger partial charge in [-0.3, -0.25) is 20.1 Å². The van der Waals surface area contributed by atoms with Crippen molar-refractivity contribution in [1.82, 2.24) is 35.1 Å². The fourth-order valence-electron chi connectivity index (χ4n) is 3.87. The van der Waals surface area contributed by atoms with Crippen LogP contribution in [0.5, 0.6) is 0 Å². The highest BCUT2D eigenvalue weighted by Gasteiger charge is 2.17. The number of nitrogens with one attached hydrogen (secondary N) is 2. The summed E-state index contributed by atoms with van der Waals surface area (Å²) in [4.78, 5) is 26.1. The van der Waals surface area contributed by atoms with Crippen molar-refractivity contribution in [3.63, 3.8) is 0 Å². The van der Waals surface area contributed by atoms with Crippen LogP contribution in [0.15, 0.2) is 55.2 Å². The van der Waals surface area contributed by atoms with E-state index in [4.69, 9.17) is 4.98 Å². The summed E-state index contributed by atoms with van der Waals surface area (Å²) >= 11 is 1.73. The lowest BCUT2D eigenvalue weighted by Gasteiger charge is -2.12. The summed E-state index contributed by atoms with van der Waals surface area (Å²) in [6.45, 7) is 2.10. The molecule has 33 heavy (non-hydrogen) atoms. The maximum absolute atomic E-state index is 4.92. The molecule has 6 rings (SSSR count). The number of pyridine rings is 3. The van der Waals surface area contributed by atoms with E-state index in [1.54, 1.807) is 23.7 Å². The van der Waals surface area contributed by atoms with Crippen LogP contribution in [-0.4, -0.2) is 49.2 Å². The van der Waals surface area contributed by atoms with Gasteiger partial charge in [0.05, 0.1) is 41.0 Å². The third kappa shape index (κ3) is 3.33. The third-order valence-corrected chi connectivity index (χ3v) is 6.64. The molecular weight excluding hydrogens is 432 g/mol. The smallest absolute Gasteiger partial charge is 0.159 e. The topological polar surface area (TPSA) is 99.3 Å². The minimum absolute atomic E-state index is 0.691. The van der Waals surface area contributed by atoms with Crippen molar-refractivity contribution in [2.24, 2.45) is 0 Å². The van der Waals surface area contributed by atoms with Crippen LogP contribution in [0.2, 0.25) is 0 Å². The molecular formula is C24H20N8S. The molecule has 2 N–H and O–H groups in total. The Morgan fingerprint density at radius 2 is 1.82 bits per heavy atom. The van der Waals surface area contributed by atoms with Crippen molar-refractivity contribution in [2.75, 3.05) is 19.0 Å². The van der Waals surface area contributed by atoms with E-state index in [0.717, 1.165) is 55.0 Å². The molecule has 0 aliphatic heterocycles. The van der Waals surface area contributed by atoms with Gasteiger partial charge in [-0.2, -0.15) is 5.10 Å². The van der Waals surface area contributed by atoms with Crippen LogP contribution in [0.4, 0.5) is 5.69 Å². The molecule has 0 aromatic carbocycles. The van der Waals surface area contributed by atoms with E-state index in [1.807, 2.05) is 43.7 Å². The number of fused-ring (bicyclic) bond motifs is 2. The number of thiophene rings is 1. The average Bonchev–Trinajstić information content (AvgIpc) is 3.55. The minimum Gasteiger partial charge on any atom is -0.376 e. The molecule has 0 atom stereocenters. The number of imidazole rings is 1. The van der Waals surface area contributed by atoms with Gasteiger partial charge in [0.2, 0.25) is 0 Å². The van der Waals surface area contributed by atoms with E-state index in [2.05, 4.69) is 55.3 Å². The van der Waals surface area contributed by atoms with Crippen molar-refractivity contribution in [3.05, 3.63) is 60.1 Å². The molecule has 6 heterocycles. The maximum atomic E-state index is 4.92. The van der Waals surface area contributed by atoms with Crippen molar-refractivity contribution >= 4 is 39.0 Å². The average molecular weight is 453 g/mol. The Kier molecular flexibility index (Phi) is 4.44. The molecule has 0 aliphatic rings. The second-order valence-corrected chi connectivity index (χ2v) is 9.38. The number of nitrogens with zero attached hydrogens (tertiary/aromatic N) is 6. The van der Waals surface area contributed by atoms with Gasteiger partial charge in [0.1, 0.15) is 11.2 Å². The molecule has 0 spiro atoms. The van der Waals surface area contributed by atoms with Gasteiger partial charge in [-0.25, -0.2) is 4.98 Å². The summed E-state index contributed by atoms with van der Waals surface area (Å²) in [5, 5.41) is 8.57. The van der Waals surface area contributed by atoms with E-state index >= 15 is 0 Å². The van der Waals surface area contributed by atoms with Crippen LogP contribution in [0.1, 0.15) is 4.88 Å². The van der Waals surface area contributed by atoms with Gasteiger partial charge < -0.3 is 9.88 Å². The molecule has 0 aliphatic carbocycles. The van der Waals surface area contributed by atoms with E-state index in [1.165, 1.54) is 4.88 Å². The molecule has 0 saturated heterocycles. The van der Waals surface area contributed by atoms with Crippen LogP contribution < -0.4 is 4.90 Å². The molecule has 0 amide bonds. The zero-order valence-corrected chi connectivity index (χ0v) is 19.1. The van der Waals surface area contributed by atoms with Crippen molar-refractivity contribution in [2.45, 2.75) is 6.92 Å². The molecule has 6 aromatic heterocycles. The summed E-state index contributed by atoms with van der Waals surface area (Å²) in [5.74, 6) is 0.691.